The van der Waals surface area contributed by atoms with Crippen LogP contribution in [0.2, 0.25) is 0 Å². The maximum atomic E-state index is 12.7. The smallest absolute Gasteiger partial charge is 0.321 e. The molecule has 14 heavy (non-hydrogen) atoms. The van der Waals surface area contributed by atoms with E-state index in [0.717, 1.165) is 0 Å². The fourth-order valence-electron chi connectivity index (χ4n) is 1.13. The van der Waals surface area contributed by atoms with Crippen LogP contribution in [0.1, 0.15) is 0 Å². The molecule has 0 amide bonds. The van der Waals surface area contributed by atoms with Gasteiger partial charge in [-0.1, -0.05) is 0 Å². The van der Waals surface area contributed by atoms with Crippen LogP contribution in [0.4, 0.5) is 4.20 Å². The standard InChI is InChI=1S/C5H8ClFO5P2/c6-13-9-1-5(2-10-13)3-11-14(7,8)12-4-5/h1-4H2. The Morgan fingerprint density at radius 1 is 1.21 bits per heavy atom. The lowest BCUT2D eigenvalue weighted by Gasteiger charge is -2.39. The summed E-state index contributed by atoms with van der Waals surface area (Å²) < 4.78 is 42.5. The molecule has 0 N–H and O–H groups in total. The fraction of sp³-hybridized carbons (Fsp3) is 1.00. The second-order valence-electron chi connectivity index (χ2n) is 3.24. The number of hydrogen-bond donors (Lipinski definition) is 0. The number of halogens is 2. The lowest BCUT2D eigenvalue weighted by atomic mass is 9.93. The molecule has 2 aliphatic heterocycles. The minimum Gasteiger partial charge on any atom is -0.321 e. The van der Waals surface area contributed by atoms with E-state index in [2.05, 4.69) is 9.05 Å². The number of rotatable bonds is 0. The van der Waals surface area contributed by atoms with Crippen molar-refractivity contribution in [1.29, 1.82) is 0 Å². The quantitative estimate of drug-likeness (QED) is 0.630. The molecule has 2 fully saturated rings. The van der Waals surface area contributed by atoms with E-state index in [1.165, 1.54) is 0 Å². The van der Waals surface area contributed by atoms with Gasteiger partial charge in [0.25, 0.3) is 7.73 Å². The molecule has 1 spiro atoms. The van der Waals surface area contributed by atoms with Crippen molar-refractivity contribution in [2.75, 3.05) is 26.4 Å². The van der Waals surface area contributed by atoms with Gasteiger partial charge in [-0.15, -0.1) is 4.20 Å². The van der Waals surface area contributed by atoms with E-state index in [1.807, 2.05) is 0 Å². The summed E-state index contributed by atoms with van der Waals surface area (Å²) in [4.78, 5) is 0. The first-order valence-corrected chi connectivity index (χ1v) is 7.34. The van der Waals surface area contributed by atoms with Crippen LogP contribution >= 0.6 is 26.9 Å². The minimum absolute atomic E-state index is 0.0408. The SMILES string of the molecule is O=P1(F)OCC2(COP(Cl)OC2)CO1. The zero-order valence-corrected chi connectivity index (χ0v) is 9.56. The molecule has 2 aliphatic rings. The molecule has 82 valence electrons. The third-order valence-electron chi connectivity index (χ3n) is 1.99. The molecule has 0 unspecified atom stereocenters. The Labute approximate surface area is 86.2 Å². The molecule has 0 aromatic rings. The van der Waals surface area contributed by atoms with Crippen LogP contribution in [-0.2, 0) is 22.7 Å². The maximum Gasteiger partial charge on any atom is 0.513 e. The molecule has 0 aromatic heterocycles. The Hall–Kier alpha value is 0.720. The van der Waals surface area contributed by atoms with Crippen LogP contribution < -0.4 is 0 Å². The van der Waals surface area contributed by atoms with E-state index in [0.29, 0.717) is 0 Å². The van der Waals surface area contributed by atoms with Crippen molar-refractivity contribution in [2.24, 2.45) is 5.41 Å². The van der Waals surface area contributed by atoms with Crippen molar-refractivity contribution in [3.8, 4) is 0 Å². The Bertz CT molecular complexity index is 255. The van der Waals surface area contributed by atoms with E-state index < -0.39 is 21.0 Å². The number of hydrogen-bond acceptors (Lipinski definition) is 5. The molecule has 0 radical (unpaired) electrons. The van der Waals surface area contributed by atoms with Gasteiger partial charge in [-0.3, -0.25) is 9.05 Å². The van der Waals surface area contributed by atoms with Crippen LogP contribution in [0, 0.1) is 5.41 Å². The topological polar surface area (TPSA) is 54.0 Å². The monoisotopic (exact) mass is 264 g/mol. The fourth-order valence-corrected chi connectivity index (χ4v) is 3.18. The van der Waals surface area contributed by atoms with E-state index in [9.17, 15) is 8.76 Å². The summed E-state index contributed by atoms with van der Waals surface area (Å²) in [6.45, 7) is 0.450. The van der Waals surface area contributed by atoms with E-state index in [4.69, 9.17) is 20.3 Å². The highest BCUT2D eigenvalue weighted by molar-refractivity contribution is 7.76. The predicted octanol–water partition coefficient (Wildman–Crippen LogP) is 2.61. The second kappa shape index (κ2) is 3.95. The van der Waals surface area contributed by atoms with Crippen LogP contribution in [-0.4, -0.2) is 26.4 Å². The first kappa shape index (κ1) is 11.2. The third kappa shape index (κ3) is 2.45. The highest BCUT2D eigenvalue weighted by Crippen LogP contribution is 2.58. The van der Waals surface area contributed by atoms with E-state index in [1.54, 1.807) is 0 Å². The summed E-state index contributed by atoms with van der Waals surface area (Å²) in [5, 5.41) is 0. The molecule has 2 saturated heterocycles. The zero-order chi connectivity index (χ0) is 10.2. The predicted molar refractivity (Wildman–Crippen MR) is 47.7 cm³/mol. The molecule has 0 saturated carbocycles. The lowest BCUT2D eigenvalue weighted by Crippen LogP contribution is -2.44. The Morgan fingerprint density at radius 2 is 1.71 bits per heavy atom. The van der Waals surface area contributed by atoms with Gasteiger partial charge in [0.1, 0.15) is 0 Å². The molecule has 0 bridgehead atoms. The molecule has 2 rings (SSSR count). The van der Waals surface area contributed by atoms with Crippen molar-refractivity contribution >= 4 is 26.9 Å². The average Bonchev–Trinajstić information content (AvgIpc) is 2.16. The maximum absolute atomic E-state index is 12.7. The zero-order valence-electron chi connectivity index (χ0n) is 7.02. The van der Waals surface area contributed by atoms with Gasteiger partial charge in [0.05, 0.1) is 31.8 Å². The first-order valence-electron chi connectivity index (χ1n) is 3.82. The summed E-state index contributed by atoms with van der Waals surface area (Å²) in [5.74, 6) is 0. The van der Waals surface area contributed by atoms with E-state index >= 15 is 0 Å². The van der Waals surface area contributed by atoms with Crippen LogP contribution in [0.3, 0.4) is 0 Å². The summed E-state index contributed by atoms with van der Waals surface area (Å²) in [7, 11) is -5.70. The van der Waals surface area contributed by atoms with Gasteiger partial charge in [-0.05, 0) is 11.2 Å². The van der Waals surface area contributed by atoms with Crippen molar-refractivity contribution in [3.05, 3.63) is 0 Å². The van der Waals surface area contributed by atoms with Gasteiger partial charge in [0.2, 0.25) is 0 Å². The average molecular weight is 265 g/mol. The van der Waals surface area contributed by atoms with Crippen LogP contribution in [0.15, 0.2) is 0 Å². The normalized spacial score (nSPS) is 49.4. The Kier molecular flexibility index (Phi) is 3.16. The highest BCUT2D eigenvalue weighted by Gasteiger charge is 2.46. The first-order chi connectivity index (χ1) is 6.52. The molecule has 2 heterocycles. The summed E-state index contributed by atoms with van der Waals surface area (Å²) in [5.41, 5.74) is -0.576. The minimum atomic E-state index is -4.33. The van der Waals surface area contributed by atoms with Crippen molar-refractivity contribution in [1.82, 2.24) is 0 Å². The van der Waals surface area contributed by atoms with Gasteiger partial charge in [0, 0.05) is 0 Å². The lowest BCUT2D eigenvalue weighted by molar-refractivity contribution is -0.0654. The molecule has 0 aromatic carbocycles. The molecule has 9 heteroatoms. The van der Waals surface area contributed by atoms with Gasteiger partial charge >= 0.3 is 7.91 Å². The third-order valence-corrected chi connectivity index (χ3v) is 4.12. The molecular formula is C5H8ClFO5P2. The second-order valence-corrected chi connectivity index (χ2v) is 6.38. The molecular weight excluding hydrogens is 256 g/mol. The summed E-state index contributed by atoms with van der Waals surface area (Å²) in [6, 6.07) is 0. The Morgan fingerprint density at radius 3 is 2.21 bits per heavy atom. The van der Waals surface area contributed by atoms with Crippen molar-refractivity contribution < 1.29 is 26.9 Å². The van der Waals surface area contributed by atoms with Crippen molar-refractivity contribution in [2.45, 2.75) is 0 Å². The van der Waals surface area contributed by atoms with Gasteiger partial charge in [0.15, 0.2) is 0 Å². The van der Waals surface area contributed by atoms with Gasteiger partial charge < -0.3 is 9.05 Å². The van der Waals surface area contributed by atoms with Crippen LogP contribution in [0.25, 0.3) is 0 Å². The van der Waals surface area contributed by atoms with Crippen LogP contribution in [0.5, 0.6) is 0 Å². The highest BCUT2D eigenvalue weighted by atomic mass is 35.7. The van der Waals surface area contributed by atoms with E-state index in [-0.39, 0.29) is 26.4 Å². The van der Waals surface area contributed by atoms with Crippen molar-refractivity contribution in [3.63, 3.8) is 0 Å². The largest absolute Gasteiger partial charge is 0.513 e. The Balaban J connectivity index is 1.96. The molecule has 5 nitrogen and oxygen atoms in total. The molecule has 0 aliphatic carbocycles. The summed E-state index contributed by atoms with van der Waals surface area (Å²) >= 11 is 5.58. The van der Waals surface area contributed by atoms with Gasteiger partial charge in [-0.2, -0.15) is 0 Å². The summed E-state index contributed by atoms with van der Waals surface area (Å²) in [6.07, 6.45) is 0. The van der Waals surface area contributed by atoms with Gasteiger partial charge in [-0.25, -0.2) is 4.57 Å². The molecule has 0 atom stereocenters.